The van der Waals surface area contributed by atoms with Crippen LogP contribution in [0.15, 0.2) is 48.5 Å². The first kappa shape index (κ1) is 19.3. The molecule has 0 spiro atoms. The van der Waals surface area contributed by atoms with Crippen molar-refractivity contribution in [2.75, 3.05) is 25.5 Å². The minimum Gasteiger partial charge on any atom is -0.493 e. The second-order valence-electron chi connectivity index (χ2n) is 6.09. The summed E-state index contributed by atoms with van der Waals surface area (Å²) in [6.07, 6.45) is 0.842. The number of nitrogens with zero attached hydrogens (tertiary/aromatic N) is 1. The largest absolute Gasteiger partial charge is 0.493 e. The van der Waals surface area contributed by atoms with Gasteiger partial charge in [0.1, 0.15) is 5.75 Å². The quantitative estimate of drug-likeness (QED) is 0.710. The maximum atomic E-state index is 12.4. The van der Waals surface area contributed by atoms with Crippen LogP contribution in [0.25, 0.3) is 0 Å². The second-order valence-corrected chi connectivity index (χ2v) is 6.50. The highest BCUT2D eigenvalue weighted by Gasteiger charge is 2.18. The topological polar surface area (TPSA) is 41.6 Å². The number of hydrogen-bond acceptors (Lipinski definition) is 3. The highest BCUT2D eigenvalue weighted by Crippen LogP contribution is 2.21. The first-order valence-corrected chi connectivity index (χ1v) is 8.81. The summed E-state index contributed by atoms with van der Waals surface area (Å²) in [6.45, 7) is 5.30. The fourth-order valence-corrected chi connectivity index (χ4v) is 2.59. The normalized spacial score (nSPS) is 12.0. The molecule has 134 valence electrons. The molecule has 25 heavy (non-hydrogen) atoms. The van der Waals surface area contributed by atoms with Gasteiger partial charge in [0, 0.05) is 6.54 Å². The highest BCUT2D eigenvalue weighted by atomic mass is 35.5. The Morgan fingerprint density at radius 2 is 1.88 bits per heavy atom. The van der Waals surface area contributed by atoms with Gasteiger partial charge in [0.15, 0.2) is 0 Å². The molecule has 0 heterocycles. The Labute approximate surface area is 154 Å². The number of para-hydroxylation sites is 2. The van der Waals surface area contributed by atoms with Gasteiger partial charge in [-0.3, -0.25) is 9.69 Å². The van der Waals surface area contributed by atoms with Gasteiger partial charge in [0.05, 0.1) is 23.4 Å². The lowest BCUT2D eigenvalue weighted by atomic mass is 10.2. The van der Waals surface area contributed by atoms with Gasteiger partial charge in [-0.25, -0.2) is 0 Å². The van der Waals surface area contributed by atoms with Crippen molar-refractivity contribution >= 4 is 23.2 Å². The van der Waals surface area contributed by atoms with E-state index in [-0.39, 0.29) is 11.9 Å². The predicted octanol–water partition coefficient (Wildman–Crippen LogP) is 4.38. The van der Waals surface area contributed by atoms with Crippen LogP contribution in [0.2, 0.25) is 5.02 Å². The summed E-state index contributed by atoms with van der Waals surface area (Å²) in [5.41, 5.74) is 1.76. The van der Waals surface area contributed by atoms with Gasteiger partial charge >= 0.3 is 0 Å². The molecular formula is C20H25ClN2O2. The zero-order chi connectivity index (χ0) is 18.2. The maximum absolute atomic E-state index is 12.4. The molecular weight excluding hydrogens is 336 g/mol. The van der Waals surface area contributed by atoms with E-state index in [2.05, 4.69) is 5.32 Å². The van der Waals surface area contributed by atoms with Crippen molar-refractivity contribution in [3.63, 3.8) is 0 Å². The molecule has 0 aliphatic carbocycles. The average Bonchev–Trinajstić information content (AvgIpc) is 2.61. The van der Waals surface area contributed by atoms with Crippen LogP contribution in [-0.4, -0.2) is 37.0 Å². The van der Waals surface area contributed by atoms with Crippen LogP contribution < -0.4 is 10.1 Å². The molecule has 0 saturated carbocycles. The van der Waals surface area contributed by atoms with Gasteiger partial charge in [-0.2, -0.15) is 0 Å². The predicted molar refractivity (Wildman–Crippen MR) is 103 cm³/mol. The smallest absolute Gasteiger partial charge is 0.241 e. The summed E-state index contributed by atoms with van der Waals surface area (Å²) < 4.78 is 5.79. The number of aryl methyl sites for hydroxylation is 1. The van der Waals surface area contributed by atoms with Crippen molar-refractivity contribution in [1.29, 1.82) is 0 Å². The van der Waals surface area contributed by atoms with E-state index in [1.807, 2.05) is 62.2 Å². The van der Waals surface area contributed by atoms with E-state index in [0.717, 1.165) is 24.3 Å². The van der Waals surface area contributed by atoms with Gasteiger partial charge in [-0.15, -0.1) is 0 Å². The number of nitrogens with one attached hydrogen (secondary N) is 1. The van der Waals surface area contributed by atoms with E-state index < -0.39 is 0 Å². The van der Waals surface area contributed by atoms with Crippen molar-refractivity contribution in [2.24, 2.45) is 0 Å². The minimum absolute atomic E-state index is 0.0737. The van der Waals surface area contributed by atoms with Gasteiger partial charge in [-0.05, 0) is 51.1 Å². The Balaban J connectivity index is 1.76. The molecule has 1 unspecified atom stereocenters. The van der Waals surface area contributed by atoms with Crippen LogP contribution in [0.5, 0.6) is 5.75 Å². The molecule has 0 aliphatic rings. The van der Waals surface area contributed by atoms with E-state index >= 15 is 0 Å². The lowest BCUT2D eigenvalue weighted by Gasteiger charge is -2.24. The standard InChI is InChI=1S/C20H25ClN2O2/c1-15-9-4-7-12-19(15)25-14-8-13-23(3)16(2)20(24)22-18-11-6-5-10-17(18)21/h4-7,9-12,16H,8,13-14H2,1-3H3,(H,22,24). The van der Waals surface area contributed by atoms with Crippen LogP contribution in [0, 0.1) is 6.92 Å². The van der Waals surface area contributed by atoms with E-state index in [4.69, 9.17) is 16.3 Å². The van der Waals surface area contributed by atoms with Crippen LogP contribution >= 0.6 is 11.6 Å². The van der Waals surface area contributed by atoms with Crippen LogP contribution in [0.3, 0.4) is 0 Å². The van der Waals surface area contributed by atoms with Crippen molar-refractivity contribution in [1.82, 2.24) is 4.90 Å². The van der Waals surface area contributed by atoms with Crippen LogP contribution in [0.4, 0.5) is 5.69 Å². The molecule has 0 aromatic heterocycles. The molecule has 4 nitrogen and oxygen atoms in total. The van der Waals surface area contributed by atoms with Crippen LogP contribution in [-0.2, 0) is 4.79 Å². The molecule has 0 saturated heterocycles. The number of halogens is 1. The molecule has 2 aromatic rings. The molecule has 5 heteroatoms. The Bertz CT molecular complexity index is 706. The molecule has 0 radical (unpaired) electrons. The number of carbonyl (C=O) groups is 1. The lowest BCUT2D eigenvalue weighted by Crippen LogP contribution is -2.40. The molecule has 0 bridgehead atoms. The Hall–Kier alpha value is -2.04. The fourth-order valence-electron chi connectivity index (χ4n) is 2.41. The molecule has 0 aliphatic heterocycles. The molecule has 0 fully saturated rings. The maximum Gasteiger partial charge on any atom is 0.241 e. The molecule has 1 amide bonds. The highest BCUT2D eigenvalue weighted by molar-refractivity contribution is 6.33. The molecule has 1 N–H and O–H groups in total. The fraction of sp³-hybridized carbons (Fsp3) is 0.350. The molecule has 2 rings (SSSR count). The van der Waals surface area contributed by atoms with Gasteiger partial charge in [-0.1, -0.05) is 41.9 Å². The van der Waals surface area contributed by atoms with E-state index in [9.17, 15) is 4.79 Å². The van der Waals surface area contributed by atoms with Crippen LogP contribution in [0.1, 0.15) is 18.9 Å². The first-order chi connectivity index (χ1) is 12.0. The Morgan fingerprint density at radius 3 is 2.60 bits per heavy atom. The van der Waals surface area contributed by atoms with E-state index in [1.165, 1.54) is 0 Å². The van der Waals surface area contributed by atoms with Crippen molar-refractivity contribution in [3.05, 3.63) is 59.1 Å². The monoisotopic (exact) mass is 360 g/mol. The number of amides is 1. The van der Waals surface area contributed by atoms with Gasteiger partial charge in [0.25, 0.3) is 0 Å². The summed E-state index contributed by atoms with van der Waals surface area (Å²) in [6, 6.07) is 14.9. The van der Waals surface area contributed by atoms with Crippen molar-refractivity contribution in [3.8, 4) is 5.75 Å². The van der Waals surface area contributed by atoms with Gasteiger partial charge in [0.2, 0.25) is 5.91 Å². The zero-order valence-corrected chi connectivity index (χ0v) is 15.7. The third kappa shape index (κ3) is 5.76. The average molecular weight is 361 g/mol. The number of likely N-dealkylation sites (N-methyl/N-ethyl adjacent to an activating group) is 1. The van der Waals surface area contributed by atoms with E-state index in [0.29, 0.717) is 17.3 Å². The zero-order valence-electron chi connectivity index (χ0n) is 15.0. The summed E-state index contributed by atoms with van der Waals surface area (Å²) in [5.74, 6) is 0.838. The van der Waals surface area contributed by atoms with Gasteiger partial charge < -0.3 is 10.1 Å². The first-order valence-electron chi connectivity index (χ1n) is 8.43. The SMILES string of the molecule is Cc1ccccc1OCCCN(C)C(C)C(=O)Nc1ccccc1Cl. The summed E-state index contributed by atoms with van der Waals surface area (Å²) in [5, 5.41) is 3.41. The number of rotatable bonds is 8. The molecule has 2 aromatic carbocycles. The van der Waals surface area contributed by atoms with Crippen molar-refractivity contribution < 1.29 is 9.53 Å². The third-order valence-electron chi connectivity index (χ3n) is 4.18. The summed E-state index contributed by atoms with van der Waals surface area (Å²) >= 11 is 6.08. The number of carbonyl (C=O) groups excluding carboxylic acids is 1. The number of benzene rings is 2. The van der Waals surface area contributed by atoms with Crippen molar-refractivity contribution in [2.45, 2.75) is 26.3 Å². The number of ether oxygens (including phenoxy) is 1. The third-order valence-corrected chi connectivity index (χ3v) is 4.51. The minimum atomic E-state index is -0.255. The lowest BCUT2D eigenvalue weighted by molar-refractivity contribution is -0.120. The number of anilines is 1. The molecule has 1 atom stereocenters. The summed E-state index contributed by atoms with van der Waals surface area (Å²) in [4.78, 5) is 14.4. The van der Waals surface area contributed by atoms with E-state index in [1.54, 1.807) is 12.1 Å². The summed E-state index contributed by atoms with van der Waals surface area (Å²) in [7, 11) is 1.94. The Kier molecular flexibility index (Phi) is 7.29. The second kappa shape index (κ2) is 9.44. The Morgan fingerprint density at radius 1 is 1.20 bits per heavy atom. The number of hydrogen-bond donors (Lipinski definition) is 1.